The average molecular weight is 262 g/mol. The zero-order valence-corrected chi connectivity index (χ0v) is 10.6. The minimum Gasteiger partial charge on any atom is -0.362 e. The van der Waals surface area contributed by atoms with Gasteiger partial charge >= 0.3 is 5.69 Å². The van der Waals surface area contributed by atoms with E-state index in [0.717, 1.165) is 6.42 Å². The fourth-order valence-corrected chi connectivity index (χ4v) is 1.55. The maximum atomic E-state index is 11.3. The van der Waals surface area contributed by atoms with E-state index in [4.69, 9.17) is 0 Å². The molecule has 0 saturated heterocycles. The van der Waals surface area contributed by atoms with Crippen LogP contribution in [0.5, 0.6) is 0 Å². The highest BCUT2D eigenvalue weighted by Gasteiger charge is 2.24. The molecule has 0 fully saturated rings. The first-order valence-electron chi connectivity index (χ1n) is 5.87. The van der Waals surface area contributed by atoms with Crippen LogP contribution >= 0.6 is 0 Å². The van der Waals surface area contributed by atoms with E-state index >= 15 is 0 Å². The first-order valence-corrected chi connectivity index (χ1v) is 5.87. The Kier molecular flexibility index (Phi) is 3.69. The summed E-state index contributed by atoms with van der Waals surface area (Å²) in [5.41, 5.74) is -0.152. The number of anilines is 1. The Morgan fingerprint density at radius 1 is 1.53 bits per heavy atom. The summed E-state index contributed by atoms with van der Waals surface area (Å²) >= 11 is 0. The molecule has 0 saturated carbocycles. The number of aromatic nitrogens is 4. The SMILES string of the molecule is CCC(C)Nc1ncnc(-n2ccnc2)c1[N+](=O)[O-]. The molecule has 8 heteroatoms. The predicted molar refractivity (Wildman–Crippen MR) is 69.2 cm³/mol. The lowest BCUT2D eigenvalue weighted by atomic mass is 10.2. The van der Waals surface area contributed by atoms with Crippen molar-refractivity contribution in [1.82, 2.24) is 19.5 Å². The molecule has 1 unspecified atom stereocenters. The van der Waals surface area contributed by atoms with Crippen LogP contribution < -0.4 is 5.32 Å². The Hall–Kier alpha value is -2.51. The number of hydrogen-bond acceptors (Lipinski definition) is 6. The van der Waals surface area contributed by atoms with E-state index in [1.165, 1.54) is 23.4 Å². The topological polar surface area (TPSA) is 98.8 Å². The number of nitrogens with one attached hydrogen (secondary N) is 1. The zero-order chi connectivity index (χ0) is 13.8. The second kappa shape index (κ2) is 5.42. The Labute approximate surface area is 109 Å². The summed E-state index contributed by atoms with van der Waals surface area (Å²) in [6.07, 6.45) is 6.73. The molecule has 0 aliphatic rings. The van der Waals surface area contributed by atoms with Crippen LogP contribution in [0.4, 0.5) is 11.5 Å². The van der Waals surface area contributed by atoms with Gasteiger partial charge in [0.15, 0.2) is 0 Å². The third-order valence-corrected chi connectivity index (χ3v) is 2.73. The van der Waals surface area contributed by atoms with E-state index in [1.54, 1.807) is 6.20 Å². The standard InChI is InChI=1S/C11H14N6O2/c1-3-8(2)15-10-9(17(18)19)11(14-6-13-10)16-5-4-12-7-16/h4-8H,3H2,1-2H3,(H,13,14,15). The number of hydrogen-bond donors (Lipinski definition) is 1. The molecule has 2 heterocycles. The van der Waals surface area contributed by atoms with Crippen LogP contribution in [0.2, 0.25) is 0 Å². The lowest BCUT2D eigenvalue weighted by Gasteiger charge is -2.13. The fraction of sp³-hybridized carbons (Fsp3) is 0.364. The van der Waals surface area contributed by atoms with Crippen LogP contribution in [0.25, 0.3) is 5.82 Å². The molecule has 0 aliphatic heterocycles. The van der Waals surface area contributed by atoms with Crippen molar-refractivity contribution in [3.8, 4) is 5.82 Å². The minimum absolute atomic E-state index is 0.0873. The van der Waals surface area contributed by atoms with Crippen molar-refractivity contribution in [2.75, 3.05) is 5.32 Å². The molecule has 0 aliphatic carbocycles. The van der Waals surface area contributed by atoms with Crippen molar-refractivity contribution in [1.29, 1.82) is 0 Å². The molecule has 100 valence electrons. The number of nitrogens with zero attached hydrogens (tertiary/aromatic N) is 5. The molecule has 0 amide bonds. The van der Waals surface area contributed by atoms with Crippen molar-refractivity contribution < 1.29 is 4.92 Å². The largest absolute Gasteiger partial charge is 0.362 e. The van der Waals surface area contributed by atoms with Crippen molar-refractivity contribution >= 4 is 11.5 Å². The van der Waals surface area contributed by atoms with Gasteiger partial charge in [-0.2, -0.15) is 0 Å². The highest BCUT2D eigenvalue weighted by Crippen LogP contribution is 2.28. The van der Waals surface area contributed by atoms with E-state index in [-0.39, 0.29) is 23.4 Å². The summed E-state index contributed by atoms with van der Waals surface area (Å²) in [5, 5.41) is 14.3. The number of imidazole rings is 1. The van der Waals surface area contributed by atoms with Crippen LogP contribution in [-0.2, 0) is 0 Å². The summed E-state index contributed by atoms with van der Waals surface area (Å²) < 4.78 is 1.49. The maximum Gasteiger partial charge on any atom is 0.354 e. The van der Waals surface area contributed by atoms with Crippen molar-refractivity contribution in [2.45, 2.75) is 26.3 Å². The van der Waals surface area contributed by atoms with Gasteiger partial charge in [0.2, 0.25) is 11.6 Å². The van der Waals surface area contributed by atoms with Crippen molar-refractivity contribution in [2.24, 2.45) is 0 Å². The summed E-state index contributed by atoms with van der Waals surface area (Å²) in [6.45, 7) is 3.92. The van der Waals surface area contributed by atoms with Gasteiger partial charge < -0.3 is 5.32 Å². The third-order valence-electron chi connectivity index (χ3n) is 2.73. The first kappa shape index (κ1) is 12.9. The van der Waals surface area contributed by atoms with Gasteiger partial charge in [0.1, 0.15) is 12.7 Å². The van der Waals surface area contributed by atoms with Gasteiger partial charge in [-0.1, -0.05) is 6.92 Å². The van der Waals surface area contributed by atoms with Crippen LogP contribution in [-0.4, -0.2) is 30.5 Å². The van der Waals surface area contributed by atoms with E-state index in [9.17, 15) is 10.1 Å². The van der Waals surface area contributed by atoms with E-state index in [0.29, 0.717) is 0 Å². The zero-order valence-electron chi connectivity index (χ0n) is 10.6. The van der Waals surface area contributed by atoms with Crippen molar-refractivity contribution in [3.63, 3.8) is 0 Å². The molecule has 0 radical (unpaired) electrons. The summed E-state index contributed by atoms with van der Waals surface area (Å²) in [5.74, 6) is 0.418. The second-order valence-corrected chi connectivity index (χ2v) is 4.08. The van der Waals surface area contributed by atoms with Gasteiger partial charge in [0, 0.05) is 18.4 Å². The van der Waals surface area contributed by atoms with Gasteiger partial charge in [-0.3, -0.25) is 14.7 Å². The highest BCUT2D eigenvalue weighted by atomic mass is 16.6. The summed E-state index contributed by atoms with van der Waals surface area (Å²) in [7, 11) is 0. The van der Waals surface area contributed by atoms with Crippen LogP contribution in [0.15, 0.2) is 25.0 Å². The Balaban J connectivity index is 2.50. The normalized spacial score (nSPS) is 12.1. The number of rotatable bonds is 5. The highest BCUT2D eigenvalue weighted by molar-refractivity contribution is 5.64. The molecule has 2 aromatic rings. The van der Waals surface area contributed by atoms with E-state index in [1.807, 2.05) is 13.8 Å². The number of nitro groups is 1. The summed E-state index contributed by atoms with van der Waals surface area (Å²) in [4.78, 5) is 22.6. The maximum absolute atomic E-state index is 11.3. The summed E-state index contributed by atoms with van der Waals surface area (Å²) in [6, 6.07) is 0.0873. The van der Waals surface area contributed by atoms with Gasteiger partial charge in [0.25, 0.3) is 0 Å². The van der Waals surface area contributed by atoms with Gasteiger partial charge in [-0.25, -0.2) is 15.0 Å². The lowest BCUT2D eigenvalue weighted by molar-refractivity contribution is -0.384. The third kappa shape index (κ3) is 2.67. The Morgan fingerprint density at radius 2 is 2.32 bits per heavy atom. The molecule has 8 nitrogen and oxygen atoms in total. The molecule has 0 aromatic carbocycles. The van der Waals surface area contributed by atoms with Gasteiger partial charge in [-0.05, 0) is 13.3 Å². The van der Waals surface area contributed by atoms with Crippen LogP contribution in [0.3, 0.4) is 0 Å². The molecule has 1 N–H and O–H groups in total. The van der Waals surface area contributed by atoms with E-state index in [2.05, 4.69) is 20.3 Å². The molecular weight excluding hydrogens is 248 g/mol. The molecule has 19 heavy (non-hydrogen) atoms. The van der Waals surface area contributed by atoms with Crippen molar-refractivity contribution in [3.05, 3.63) is 35.2 Å². The first-order chi connectivity index (χ1) is 9.13. The lowest BCUT2D eigenvalue weighted by Crippen LogP contribution is -2.17. The second-order valence-electron chi connectivity index (χ2n) is 4.08. The van der Waals surface area contributed by atoms with Crippen LogP contribution in [0, 0.1) is 10.1 Å². The minimum atomic E-state index is -0.486. The Morgan fingerprint density at radius 3 is 2.89 bits per heavy atom. The average Bonchev–Trinajstić information content (AvgIpc) is 2.91. The predicted octanol–water partition coefficient (Wildman–Crippen LogP) is 1.78. The molecular formula is C11H14N6O2. The van der Waals surface area contributed by atoms with Crippen LogP contribution in [0.1, 0.15) is 20.3 Å². The molecule has 0 spiro atoms. The monoisotopic (exact) mass is 262 g/mol. The molecule has 2 rings (SSSR count). The fourth-order valence-electron chi connectivity index (χ4n) is 1.55. The molecule has 0 bridgehead atoms. The molecule has 1 atom stereocenters. The van der Waals surface area contributed by atoms with Gasteiger partial charge in [0.05, 0.1) is 4.92 Å². The Bertz CT molecular complexity index is 569. The molecule has 2 aromatic heterocycles. The van der Waals surface area contributed by atoms with E-state index < -0.39 is 4.92 Å². The van der Waals surface area contributed by atoms with Gasteiger partial charge in [-0.15, -0.1) is 0 Å². The quantitative estimate of drug-likeness (QED) is 0.651. The smallest absolute Gasteiger partial charge is 0.354 e.